The number of aromatic nitrogens is 4. The van der Waals surface area contributed by atoms with Crippen LogP contribution in [0, 0.1) is 5.92 Å². The molecule has 1 fully saturated rings. The second kappa shape index (κ2) is 4.74. The number of halogens is 2. The summed E-state index contributed by atoms with van der Waals surface area (Å²) >= 11 is 6.15. The van der Waals surface area contributed by atoms with Crippen LogP contribution in [0.4, 0.5) is 4.39 Å². The predicted molar refractivity (Wildman–Crippen MR) is 73.6 cm³/mol. The van der Waals surface area contributed by atoms with Crippen molar-refractivity contribution in [2.24, 2.45) is 5.92 Å². The topological polar surface area (TPSA) is 63.8 Å². The minimum absolute atomic E-state index is 0.211. The van der Waals surface area contributed by atoms with Gasteiger partial charge in [-0.3, -0.25) is 4.98 Å². The van der Waals surface area contributed by atoms with Gasteiger partial charge in [0, 0.05) is 12.6 Å². The second-order valence-corrected chi connectivity index (χ2v) is 6.05. The Morgan fingerprint density at radius 2 is 2.24 bits per heavy atom. The van der Waals surface area contributed by atoms with E-state index in [4.69, 9.17) is 11.6 Å². The third-order valence-corrected chi connectivity index (χ3v) is 4.43. The van der Waals surface area contributed by atoms with Crippen molar-refractivity contribution in [3.05, 3.63) is 40.7 Å². The molecule has 0 spiro atoms. The molecule has 0 radical (unpaired) electrons. The number of nitrogens with zero attached hydrogens (tertiary/aromatic N) is 4. The number of hydrogen-bond donors (Lipinski definition) is 1. The summed E-state index contributed by atoms with van der Waals surface area (Å²) in [5, 5.41) is 14.9. The molecule has 7 heteroatoms. The van der Waals surface area contributed by atoms with Crippen LogP contribution >= 0.6 is 11.6 Å². The van der Waals surface area contributed by atoms with Crippen LogP contribution in [0.25, 0.3) is 0 Å². The zero-order valence-corrected chi connectivity index (χ0v) is 11.9. The van der Waals surface area contributed by atoms with Crippen molar-refractivity contribution in [2.45, 2.75) is 37.6 Å². The van der Waals surface area contributed by atoms with Gasteiger partial charge in [0.2, 0.25) is 0 Å². The summed E-state index contributed by atoms with van der Waals surface area (Å²) in [5.41, 5.74) is 0.595. The Bertz CT molecular complexity index is 687. The average molecular weight is 309 g/mol. The first kappa shape index (κ1) is 13.2. The minimum Gasteiger partial charge on any atom is -0.385 e. The Balaban J connectivity index is 1.73. The summed E-state index contributed by atoms with van der Waals surface area (Å²) in [6.07, 6.45) is 1.89. The third kappa shape index (κ3) is 2.13. The van der Waals surface area contributed by atoms with Gasteiger partial charge in [0.25, 0.3) is 0 Å². The standard InChI is InChI=1S/C14H14ClFN4O/c15-8-2-1-5-17-11(8)10-6-9(16)14-18-13(19-20(10)14)12(21)7-3-4-7/h1-2,5,7,9-10,12,21H,3-4,6H2/t9-,10-,12?/m0/s1. The van der Waals surface area contributed by atoms with Crippen molar-refractivity contribution in [1.82, 2.24) is 19.7 Å². The largest absolute Gasteiger partial charge is 0.385 e. The normalized spacial score (nSPS) is 25.9. The summed E-state index contributed by atoms with van der Waals surface area (Å²) in [7, 11) is 0. The van der Waals surface area contributed by atoms with Gasteiger partial charge in [-0.1, -0.05) is 11.6 Å². The quantitative estimate of drug-likeness (QED) is 0.947. The number of alkyl halides is 1. The fourth-order valence-electron chi connectivity index (χ4n) is 2.82. The molecule has 1 unspecified atom stereocenters. The maximum absolute atomic E-state index is 14.2. The van der Waals surface area contributed by atoms with Gasteiger partial charge in [-0.05, 0) is 30.9 Å². The number of pyridine rings is 1. The molecule has 0 bridgehead atoms. The molecule has 110 valence electrons. The highest BCUT2D eigenvalue weighted by Crippen LogP contribution is 2.44. The molecular formula is C14H14ClFN4O. The van der Waals surface area contributed by atoms with Gasteiger partial charge in [-0.15, -0.1) is 0 Å². The van der Waals surface area contributed by atoms with E-state index in [1.54, 1.807) is 18.3 Å². The summed E-state index contributed by atoms with van der Waals surface area (Å²) in [5.74, 6) is 0.784. The van der Waals surface area contributed by atoms with Crippen LogP contribution in [-0.2, 0) is 0 Å². The number of aliphatic hydroxyl groups is 1. The van der Waals surface area contributed by atoms with E-state index in [9.17, 15) is 9.50 Å². The fraction of sp³-hybridized carbons (Fsp3) is 0.500. The molecule has 1 aliphatic heterocycles. The van der Waals surface area contributed by atoms with Crippen LogP contribution in [0.5, 0.6) is 0 Å². The fourth-order valence-corrected chi connectivity index (χ4v) is 3.06. The van der Waals surface area contributed by atoms with E-state index >= 15 is 0 Å². The van der Waals surface area contributed by atoms with E-state index in [-0.39, 0.29) is 24.2 Å². The number of rotatable bonds is 3. The molecule has 1 saturated carbocycles. The van der Waals surface area contributed by atoms with E-state index in [1.165, 1.54) is 4.68 Å². The van der Waals surface area contributed by atoms with Crippen molar-refractivity contribution < 1.29 is 9.50 Å². The molecule has 4 rings (SSSR count). The first-order chi connectivity index (χ1) is 10.1. The van der Waals surface area contributed by atoms with Crippen LogP contribution in [0.2, 0.25) is 5.02 Å². The molecule has 2 aromatic heterocycles. The van der Waals surface area contributed by atoms with Crippen LogP contribution in [0.15, 0.2) is 18.3 Å². The smallest absolute Gasteiger partial charge is 0.179 e. The van der Waals surface area contributed by atoms with Gasteiger partial charge < -0.3 is 5.11 Å². The molecular weight excluding hydrogens is 295 g/mol. The van der Waals surface area contributed by atoms with Crippen LogP contribution in [0.1, 0.15) is 54.9 Å². The van der Waals surface area contributed by atoms with E-state index < -0.39 is 12.3 Å². The van der Waals surface area contributed by atoms with Crippen molar-refractivity contribution in [3.63, 3.8) is 0 Å². The molecule has 21 heavy (non-hydrogen) atoms. The Morgan fingerprint density at radius 1 is 1.43 bits per heavy atom. The molecule has 2 aromatic rings. The summed E-state index contributed by atoms with van der Waals surface area (Å²) < 4.78 is 15.7. The number of aliphatic hydroxyl groups excluding tert-OH is 1. The van der Waals surface area contributed by atoms with E-state index in [0.29, 0.717) is 16.5 Å². The lowest BCUT2D eigenvalue weighted by atomic mass is 10.1. The molecule has 1 N–H and O–H groups in total. The molecule has 3 heterocycles. The maximum Gasteiger partial charge on any atom is 0.179 e. The molecule has 3 atom stereocenters. The SMILES string of the molecule is OC(c1nc2n(n1)[C@H](c1ncccc1Cl)C[C@@H]2F)C1CC1. The average Bonchev–Trinajstić information content (AvgIpc) is 3.15. The molecule has 2 aliphatic rings. The van der Waals surface area contributed by atoms with Crippen molar-refractivity contribution >= 4 is 11.6 Å². The summed E-state index contributed by atoms with van der Waals surface area (Å²) in [6, 6.07) is 3.10. The molecule has 0 aromatic carbocycles. The lowest BCUT2D eigenvalue weighted by Gasteiger charge is -2.12. The first-order valence-electron chi connectivity index (χ1n) is 7.04. The van der Waals surface area contributed by atoms with Crippen molar-refractivity contribution in [2.75, 3.05) is 0 Å². The summed E-state index contributed by atoms with van der Waals surface area (Å²) in [6.45, 7) is 0. The monoisotopic (exact) mass is 308 g/mol. The van der Waals surface area contributed by atoms with Gasteiger partial charge in [0.1, 0.15) is 12.1 Å². The molecule has 0 saturated heterocycles. The Hall–Kier alpha value is -1.53. The first-order valence-corrected chi connectivity index (χ1v) is 7.42. The molecule has 1 aliphatic carbocycles. The van der Waals surface area contributed by atoms with E-state index in [0.717, 1.165) is 12.8 Å². The zero-order chi connectivity index (χ0) is 14.6. The Morgan fingerprint density at radius 3 is 2.95 bits per heavy atom. The van der Waals surface area contributed by atoms with Gasteiger partial charge in [-0.25, -0.2) is 14.1 Å². The lowest BCUT2D eigenvalue weighted by Crippen LogP contribution is -2.11. The van der Waals surface area contributed by atoms with Crippen molar-refractivity contribution in [3.8, 4) is 0 Å². The van der Waals surface area contributed by atoms with E-state index in [2.05, 4.69) is 15.1 Å². The second-order valence-electron chi connectivity index (χ2n) is 5.64. The number of hydrogen-bond acceptors (Lipinski definition) is 4. The third-order valence-electron chi connectivity index (χ3n) is 4.12. The lowest BCUT2D eigenvalue weighted by molar-refractivity contribution is 0.143. The highest BCUT2D eigenvalue weighted by Gasteiger charge is 2.40. The molecule has 5 nitrogen and oxygen atoms in total. The Labute approximate surface area is 125 Å². The zero-order valence-electron chi connectivity index (χ0n) is 11.2. The van der Waals surface area contributed by atoms with Gasteiger partial charge in [-0.2, -0.15) is 5.10 Å². The van der Waals surface area contributed by atoms with Gasteiger partial charge in [0.15, 0.2) is 17.8 Å². The van der Waals surface area contributed by atoms with E-state index in [1.807, 2.05) is 0 Å². The highest BCUT2D eigenvalue weighted by molar-refractivity contribution is 6.31. The maximum atomic E-state index is 14.2. The summed E-state index contributed by atoms with van der Waals surface area (Å²) in [4.78, 5) is 8.44. The van der Waals surface area contributed by atoms with Crippen LogP contribution in [-0.4, -0.2) is 24.9 Å². The Kier molecular flexibility index (Phi) is 2.97. The minimum atomic E-state index is -1.21. The van der Waals surface area contributed by atoms with Crippen LogP contribution in [0.3, 0.4) is 0 Å². The van der Waals surface area contributed by atoms with Crippen molar-refractivity contribution in [1.29, 1.82) is 0 Å². The number of fused-ring (bicyclic) bond motifs is 1. The van der Waals surface area contributed by atoms with Gasteiger partial charge >= 0.3 is 0 Å². The molecule has 0 amide bonds. The van der Waals surface area contributed by atoms with Gasteiger partial charge in [0.05, 0.1) is 10.7 Å². The predicted octanol–water partition coefficient (Wildman–Crippen LogP) is 2.77. The van der Waals surface area contributed by atoms with Crippen LogP contribution < -0.4 is 0 Å². The highest BCUT2D eigenvalue weighted by atomic mass is 35.5.